The summed E-state index contributed by atoms with van der Waals surface area (Å²) < 4.78 is 1.93. The lowest BCUT2D eigenvalue weighted by molar-refractivity contribution is 0.150. The fraction of sp³-hybridized carbons (Fsp3) is 0.409. The Kier molecular flexibility index (Phi) is 5.67. The molecule has 6 heteroatoms. The summed E-state index contributed by atoms with van der Waals surface area (Å²) in [4.78, 5) is 2.47. The molecule has 1 fully saturated rings. The van der Waals surface area contributed by atoms with Crippen LogP contribution in [0.3, 0.4) is 0 Å². The molecule has 0 saturated carbocycles. The van der Waals surface area contributed by atoms with Crippen LogP contribution in [-0.2, 0) is 13.0 Å². The van der Waals surface area contributed by atoms with Crippen LogP contribution in [0.5, 0.6) is 5.75 Å². The average molecular weight is 377 g/mol. The summed E-state index contributed by atoms with van der Waals surface area (Å²) in [5, 5.41) is 22.4. The van der Waals surface area contributed by atoms with Gasteiger partial charge in [-0.05, 0) is 72.0 Å². The second-order valence-electron chi connectivity index (χ2n) is 7.71. The minimum atomic E-state index is -0.00104. The van der Waals surface area contributed by atoms with E-state index in [0.717, 1.165) is 43.4 Å². The number of piperidine rings is 1. The van der Waals surface area contributed by atoms with E-state index in [4.69, 9.17) is 0 Å². The minimum Gasteiger partial charge on any atom is -0.508 e. The Balaban J connectivity index is 1.61. The van der Waals surface area contributed by atoms with E-state index in [1.807, 2.05) is 22.9 Å². The molecule has 146 valence electrons. The molecule has 1 aromatic heterocycles. The fourth-order valence-electron chi connectivity index (χ4n) is 3.91. The fourth-order valence-corrected chi connectivity index (χ4v) is 3.91. The third kappa shape index (κ3) is 4.22. The monoisotopic (exact) mass is 377 g/mol. The number of hydrogen-bond donors (Lipinski definition) is 1. The number of phenols is 1. The van der Waals surface area contributed by atoms with Gasteiger partial charge < -0.3 is 5.11 Å². The van der Waals surface area contributed by atoms with Crippen LogP contribution in [0.15, 0.2) is 54.6 Å². The number of benzene rings is 2. The van der Waals surface area contributed by atoms with Crippen molar-refractivity contribution >= 4 is 0 Å². The normalized spacial score (nSPS) is 16.9. The molecule has 1 N–H and O–H groups in total. The van der Waals surface area contributed by atoms with E-state index in [1.165, 1.54) is 18.4 Å². The van der Waals surface area contributed by atoms with Crippen LogP contribution in [0.4, 0.5) is 0 Å². The molecule has 4 rings (SSSR count). The first-order chi connectivity index (χ1) is 13.7. The van der Waals surface area contributed by atoms with Gasteiger partial charge in [-0.1, -0.05) is 49.4 Å². The molecule has 1 unspecified atom stereocenters. The number of aryl methyl sites for hydroxylation is 2. The summed E-state index contributed by atoms with van der Waals surface area (Å²) in [6.07, 6.45) is 3.25. The average Bonchev–Trinajstić information content (AvgIpc) is 3.18. The molecule has 0 spiro atoms. The number of tetrazole rings is 1. The van der Waals surface area contributed by atoms with Crippen LogP contribution < -0.4 is 0 Å². The lowest BCUT2D eigenvalue weighted by atomic mass is 9.95. The second kappa shape index (κ2) is 8.52. The summed E-state index contributed by atoms with van der Waals surface area (Å²) >= 11 is 0. The molecular weight excluding hydrogens is 350 g/mol. The predicted octanol–water partition coefficient (Wildman–Crippen LogP) is 3.44. The molecule has 3 aromatic rings. The Bertz CT molecular complexity index is 869. The smallest absolute Gasteiger partial charge is 0.173 e. The molecule has 0 bridgehead atoms. The Hall–Kier alpha value is -2.73. The van der Waals surface area contributed by atoms with Crippen molar-refractivity contribution in [2.75, 3.05) is 13.1 Å². The molecule has 1 saturated heterocycles. The number of phenolic OH excluding ortho intramolecular Hbond substituents is 1. The summed E-state index contributed by atoms with van der Waals surface area (Å²) in [5.74, 6) is 1.90. The first-order valence-electron chi connectivity index (χ1n) is 10.0. The highest BCUT2D eigenvalue weighted by Crippen LogP contribution is 2.32. The van der Waals surface area contributed by atoms with Crippen molar-refractivity contribution in [3.63, 3.8) is 0 Å². The second-order valence-corrected chi connectivity index (χ2v) is 7.71. The van der Waals surface area contributed by atoms with Crippen LogP contribution in [-0.4, -0.2) is 43.3 Å². The summed E-state index contributed by atoms with van der Waals surface area (Å²) in [6.45, 7) is 5.11. The van der Waals surface area contributed by atoms with E-state index in [0.29, 0.717) is 0 Å². The number of nitrogens with zero attached hydrogens (tertiary/aromatic N) is 5. The minimum absolute atomic E-state index is 0.00104. The van der Waals surface area contributed by atoms with Gasteiger partial charge in [-0.3, -0.25) is 4.90 Å². The molecule has 28 heavy (non-hydrogen) atoms. The molecular formula is C22H27N5O. The van der Waals surface area contributed by atoms with Crippen LogP contribution in [0.2, 0.25) is 0 Å². The summed E-state index contributed by atoms with van der Waals surface area (Å²) in [7, 11) is 0. The molecule has 2 aromatic carbocycles. The van der Waals surface area contributed by atoms with Crippen molar-refractivity contribution in [3.05, 3.63) is 71.5 Å². The van der Waals surface area contributed by atoms with E-state index in [9.17, 15) is 5.11 Å². The molecule has 1 aliphatic heterocycles. The molecule has 1 aliphatic rings. The predicted molar refractivity (Wildman–Crippen MR) is 108 cm³/mol. The van der Waals surface area contributed by atoms with E-state index in [-0.39, 0.29) is 11.8 Å². The van der Waals surface area contributed by atoms with Gasteiger partial charge >= 0.3 is 0 Å². The van der Waals surface area contributed by atoms with Crippen LogP contribution >= 0.6 is 0 Å². The molecule has 0 radical (unpaired) electrons. The van der Waals surface area contributed by atoms with Gasteiger partial charge in [-0.15, -0.1) is 5.10 Å². The van der Waals surface area contributed by atoms with E-state index in [2.05, 4.69) is 51.6 Å². The largest absolute Gasteiger partial charge is 0.508 e. The molecule has 0 aliphatic carbocycles. The van der Waals surface area contributed by atoms with Gasteiger partial charge in [-0.2, -0.15) is 0 Å². The molecule has 1 atom stereocenters. The van der Waals surface area contributed by atoms with E-state index < -0.39 is 0 Å². The van der Waals surface area contributed by atoms with Crippen LogP contribution in [0, 0.1) is 5.92 Å². The third-order valence-corrected chi connectivity index (χ3v) is 5.65. The van der Waals surface area contributed by atoms with Crippen molar-refractivity contribution in [3.8, 4) is 5.75 Å². The van der Waals surface area contributed by atoms with E-state index >= 15 is 0 Å². The zero-order valence-corrected chi connectivity index (χ0v) is 16.3. The van der Waals surface area contributed by atoms with Crippen molar-refractivity contribution in [1.29, 1.82) is 0 Å². The maximum absolute atomic E-state index is 9.72. The van der Waals surface area contributed by atoms with Crippen molar-refractivity contribution in [2.24, 2.45) is 5.92 Å². The van der Waals surface area contributed by atoms with Gasteiger partial charge in [0.15, 0.2) is 5.82 Å². The highest BCUT2D eigenvalue weighted by molar-refractivity contribution is 5.31. The first-order valence-corrected chi connectivity index (χ1v) is 10.0. The van der Waals surface area contributed by atoms with Gasteiger partial charge in [0.1, 0.15) is 5.75 Å². The zero-order valence-electron chi connectivity index (χ0n) is 16.3. The topological polar surface area (TPSA) is 67.1 Å². The number of aromatic hydroxyl groups is 1. The highest BCUT2D eigenvalue weighted by Gasteiger charge is 2.30. The SMILES string of the molecule is CC1CCN(C(c2ccc(O)cc2)c2nnnn2CCc2ccccc2)CC1. The van der Waals surface area contributed by atoms with Crippen molar-refractivity contribution in [1.82, 2.24) is 25.1 Å². The maximum Gasteiger partial charge on any atom is 0.173 e. The Labute approximate surface area is 165 Å². The van der Waals surface area contributed by atoms with Crippen LogP contribution in [0.1, 0.15) is 42.8 Å². The van der Waals surface area contributed by atoms with Crippen LogP contribution in [0.25, 0.3) is 0 Å². The number of rotatable bonds is 6. The highest BCUT2D eigenvalue weighted by atomic mass is 16.3. The van der Waals surface area contributed by atoms with Gasteiger partial charge in [0.25, 0.3) is 0 Å². The third-order valence-electron chi connectivity index (χ3n) is 5.65. The van der Waals surface area contributed by atoms with Gasteiger partial charge in [0, 0.05) is 6.54 Å². The molecule has 0 amide bonds. The van der Waals surface area contributed by atoms with Gasteiger partial charge in [0.05, 0.1) is 6.04 Å². The Morgan fingerprint density at radius 1 is 1.04 bits per heavy atom. The lowest BCUT2D eigenvalue weighted by Crippen LogP contribution is -2.38. The number of hydrogen-bond acceptors (Lipinski definition) is 5. The van der Waals surface area contributed by atoms with Crippen molar-refractivity contribution in [2.45, 2.75) is 38.8 Å². The number of aromatic nitrogens is 4. The molecule has 2 heterocycles. The van der Waals surface area contributed by atoms with Gasteiger partial charge in [-0.25, -0.2) is 4.68 Å². The van der Waals surface area contributed by atoms with E-state index in [1.54, 1.807) is 12.1 Å². The summed E-state index contributed by atoms with van der Waals surface area (Å²) in [6, 6.07) is 17.9. The van der Waals surface area contributed by atoms with Gasteiger partial charge in [0.2, 0.25) is 0 Å². The lowest BCUT2D eigenvalue weighted by Gasteiger charge is -2.36. The summed E-state index contributed by atoms with van der Waals surface area (Å²) in [5.41, 5.74) is 2.39. The quantitative estimate of drug-likeness (QED) is 0.713. The molecule has 6 nitrogen and oxygen atoms in total. The first kappa shape index (κ1) is 18.6. The standard InChI is InChI=1S/C22H27N5O/c1-17-11-14-26(15-12-17)21(19-7-9-20(28)10-8-19)22-23-24-25-27(22)16-13-18-5-3-2-4-6-18/h2-10,17,21,28H,11-16H2,1H3. The Morgan fingerprint density at radius 3 is 2.46 bits per heavy atom. The maximum atomic E-state index is 9.72. The Morgan fingerprint density at radius 2 is 1.75 bits per heavy atom. The number of likely N-dealkylation sites (tertiary alicyclic amines) is 1. The zero-order chi connectivity index (χ0) is 19.3. The van der Waals surface area contributed by atoms with Crippen molar-refractivity contribution < 1.29 is 5.11 Å².